The van der Waals surface area contributed by atoms with E-state index in [1.54, 1.807) is 0 Å². The summed E-state index contributed by atoms with van der Waals surface area (Å²) >= 11 is 1.05. The molecule has 12 heteroatoms. The summed E-state index contributed by atoms with van der Waals surface area (Å²) < 4.78 is 21.4. The predicted octanol–water partition coefficient (Wildman–Crippen LogP) is -2.84. The van der Waals surface area contributed by atoms with Crippen LogP contribution in [0.1, 0.15) is 13.3 Å². The molecule has 1 unspecified atom stereocenters. The first-order valence-corrected chi connectivity index (χ1v) is 10.2. The summed E-state index contributed by atoms with van der Waals surface area (Å²) in [6, 6.07) is 0. The molecular weight excluding hydrogens is 410 g/mol. The molecule has 170 valence electrons. The molecule has 2 heterocycles. The number of rotatable bonds is 8. The van der Waals surface area contributed by atoms with Gasteiger partial charge in [-0.05, 0) is 6.42 Å². The lowest BCUT2D eigenvalue weighted by molar-refractivity contribution is -0.240. The van der Waals surface area contributed by atoms with Crippen molar-refractivity contribution in [3.05, 3.63) is 0 Å². The van der Waals surface area contributed by atoms with Crippen LogP contribution >= 0.6 is 11.8 Å². The van der Waals surface area contributed by atoms with Gasteiger partial charge in [0.15, 0.2) is 6.29 Å². The van der Waals surface area contributed by atoms with Crippen molar-refractivity contribution in [2.45, 2.75) is 66.4 Å². The number of thioether (sulfide) groups is 1. The third-order valence-electron chi connectivity index (χ3n) is 5.22. The van der Waals surface area contributed by atoms with E-state index in [0.717, 1.165) is 11.8 Å². The zero-order valence-corrected chi connectivity index (χ0v) is 17.4. The minimum absolute atomic E-state index is 0.0541. The molecule has 0 aromatic heterocycles. The highest BCUT2D eigenvalue weighted by atomic mass is 32.2. The zero-order valence-electron chi connectivity index (χ0n) is 16.6. The molecule has 1 amide bonds. The monoisotopic (exact) mass is 441 g/mol. The van der Waals surface area contributed by atoms with Gasteiger partial charge in [0.2, 0.25) is 5.91 Å². The Morgan fingerprint density at radius 2 is 1.72 bits per heavy atom. The number of carbonyl (C=O) groups excluding carboxylic acids is 1. The van der Waals surface area contributed by atoms with Gasteiger partial charge in [0.1, 0.15) is 36.0 Å². The van der Waals surface area contributed by atoms with Crippen molar-refractivity contribution in [1.29, 1.82) is 0 Å². The predicted molar refractivity (Wildman–Crippen MR) is 101 cm³/mol. The van der Waals surface area contributed by atoms with Crippen LogP contribution in [0.25, 0.3) is 0 Å². The molecule has 0 aliphatic carbocycles. The molecule has 0 radical (unpaired) electrons. The number of aliphatic hydroxyl groups excluding tert-OH is 5. The maximum Gasteiger partial charge on any atom is 0.216 e. The van der Waals surface area contributed by atoms with Crippen LogP contribution in [-0.2, 0) is 23.7 Å². The second-order valence-electron chi connectivity index (χ2n) is 7.19. The Bertz CT molecular complexity index is 540. The van der Waals surface area contributed by atoms with Crippen LogP contribution < -0.4 is 5.32 Å². The van der Waals surface area contributed by atoms with Crippen LogP contribution in [0.15, 0.2) is 0 Å². The molecule has 0 saturated carbocycles. The Balaban J connectivity index is 2.33. The molecule has 6 N–H and O–H groups in total. The molecule has 9 atom stereocenters. The van der Waals surface area contributed by atoms with Crippen LogP contribution in [0.2, 0.25) is 0 Å². The highest BCUT2D eigenvalue weighted by Crippen LogP contribution is 2.46. The molecule has 2 rings (SSSR count). The summed E-state index contributed by atoms with van der Waals surface area (Å²) in [5.74, 6) is -0.299. The molecule has 2 saturated heterocycles. The fourth-order valence-corrected chi connectivity index (χ4v) is 5.22. The number of ether oxygens (including phenoxy) is 4. The lowest BCUT2D eigenvalue weighted by Gasteiger charge is -2.50. The SMILES string of the molecule is COC1O[C@H](CO)[C@@H](OC)C[C@@]1(CNC(C)=O)S[C@@H]1O[C@H](CO)[C@H](O)[C@H](O)[C@H]1O. The zero-order chi connectivity index (χ0) is 21.8. The lowest BCUT2D eigenvalue weighted by Crippen LogP contribution is -2.63. The van der Waals surface area contributed by atoms with E-state index in [1.807, 2.05) is 0 Å². The maximum atomic E-state index is 11.6. The van der Waals surface area contributed by atoms with E-state index in [0.29, 0.717) is 0 Å². The quantitative estimate of drug-likeness (QED) is 0.230. The van der Waals surface area contributed by atoms with E-state index in [-0.39, 0.29) is 25.5 Å². The Hall–Kier alpha value is -0.540. The van der Waals surface area contributed by atoms with Crippen molar-refractivity contribution < 1.29 is 49.3 Å². The van der Waals surface area contributed by atoms with Gasteiger partial charge in [-0.2, -0.15) is 0 Å². The summed E-state index contributed by atoms with van der Waals surface area (Å²) in [4.78, 5) is 11.6. The third kappa shape index (κ3) is 5.39. The van der Waals surface area contributed by atoms with Gasteiger partial charge in [-0.3, -0.25) is 4.79 Å². The van der Waals surface area contributed by atoms with Crippen LogP contribution in [-0.4, -0.2) is 119 Å². The Morgan fingerprint density at radius 3 is 2.24 bits per heavy atom. The molecule has 2 aliphatic rings. The normalized spacial score (nSPS) is 43.2. The van der Waals surface area contributed by atoms with E-state index in [2.05, 4.69) is 5.32 Å². The Morgan fingerprint density at radius 1 is 1.07 bits per heavy atom. The third-order valence-corrected chi connectivity index (χ3v) is 6.82. The van der Waals surface area contributed by atoms with Crippen molar-refractivity contribution in [3.63, 3.8) is 0 Å². The number of aliphatic hydroxyl groups is 5. The van der Waals surface area contributed by atoms with Crippen molar-refractivity contribution >= 4 is 17.7 Å². The van der Waals surface area contributed by atoms with Gasteiger partial charge in [0, 0.05) is 27.7 Å². The van der Waals surface area contributed by atoms with Crippen molar-refractivity contribution in [2.24, 2.45) is 0 Å². The molecule has 0 aromatic rings. The number of hydrogen-bond acceptors (Lipinski definition) is 11. The average molecular weight is 441 g/mol. The van der Waals surface area contributed by atoms with E-state index in [9.17, 15) is 30.3 Å². The topological polar surface area (TPSA) is 167 Å². The van der Waals surface area contributed by atoms with Crippen molar-refractivity contribution in [2.75, 3.05) is 34.0 Å². The Labute approximate surface area is 173 Å². The van der Waals surface area contributed by atoms with Gasteiger partial charge in [0.25, 0.3) is 0 Å². The van der Waals surface area contributed by atoms with Crippen LogP contribution in [0, 0.1) is 0 Å². The first-order chi connectivity index (χ1) is 13.7. The van der Waals surface area contributed by atoms with E-state index in [1.165, 1.54) is 21.1 Å². The molecule has 0 spiro atoms. The minimum Gasteiger partial charge on any atom is -0.394 e. The number of nitrogens with one attached hydrogen (secondary N) is 1. The number of hydrogen-bond donors (Lipinski definition) is 6. The molecular formula is C17H31NO10S. The van der Waals surface area contributed by atoms with E-state index >= 15 is 0 Å². The fraction of sp³-hybridized carbons (Fsp3) is 0.941. The summed E-state index contributed by atoms with van der Waals surface area (Å²) in [6.07, 6.45) is -7.43. The van der Waals surface area contributed by atoms with Crippen LogP contribution in [0.5, 0.6) is 0 Å². The molecule has 2 fully saturated rings. The fourth-order valence-electron chi connectivity index (χ4n) is 3.58. The first kappa shape index (κ1) is 24.7. The lowest BCUT2D eigenvalue weighted by atomic mass is 9.93. The Kier molecular flexibility index (Phi) is 9.09. The summed E-state index contributed by atoms with van der Waals surface area (Å²) in [6.45, 7) is 0.540. The van der Waals surface area contributed by atoms with Gasteiger partial charge in [-0.1, -0.05) is 0 Å². The highest BCUT2D eigenvalue weighted by Gasteiger charge is 2.54. The van der Waals surface area contributed by atoms with Gasteiger partial charge >= 0.3 is 0 Å². The van der Waals surface area contributed by atoms with Gasteiger partial charge in [-0.15, -0.1) is 11.8 Å². The second kappa shape index (κ2) is 10.7. The van der Waals surface area contributed by atoms with Crippen LogP contribution in [0.4, 0.5) is 0 Å². The molecule has 11 nitrogen and oxygen atoms in total. The smallest absolute Gasteiger partial charge is 0.216 e. The minimum atomic E-state index is -1.54. The maximum absolute atomic E-state index is 11.6. The highest BCUT2D eigenvalue weighted by molar-refractivity contribution is 8.01. The summed E-state index contributed by atoms with van der Waals surface area (Å²) in [5.41, 5.74) is -1.07. The molecule has 0 bridgehead atoms. The van der Waals surface area contributed by atoms with Crippen LogP contribution in [0.3, 0.4) is 0 Å². The van der Waals surface area contributed by atoms with E-state index in [4.69, 9.17) is 18.9 Å². The molecule has 2 aliphatic heterocycles. The van der Waals surface area contributed by atoms with Crippen molar-refractivity contribution in [3.8, 4) is 0 Å². The molecule has 29 heavy (non-hydrogen) atoms. The standard InChI is InChI=1S/C17H31NO10S/c1-8(21)18-7-17(4-9(25-2)10(5-19)28-16(17)26-3)29-15-14(24)13(23)12(22)11(6-20)27-15/h9-16,19-20,22-24H,4-7H2,1-3H3,(H,18,21)/t9-,10+,11+,12-,13-,14+,15-,16?,17-/m0/s1. The van der Waals surface area contributed by atoms with E-state index < -0.39 is 59.7 Å². The number of amides is 1. The van der Waals surface area contributed by atoms with Crippen molar-refractivity contribution in [1.82, 2.24) is 5.32 Å². The summed E-state index contributed by atoms with van der Waals surface area (Å²) in [7, 11) is 2.87. The average Bonchev–Trinajstić information content (AvgIpc) is 2.72. The largest absolute Gasteiger partial charge is 0.394 e. The second-order valence-corrected chi connectivity index (χ2v) is 8.71. The van der Waals surface area contributed by atoms with Gasteiger partial charge in [-0.25, -0.2) is 0 Å². The molecule has 0 aromatic carbocycles. The number of carbonyl (C=O) groups is 1. The summed E-state index contributed by atoms with van der Waals surface area (Å²) in [5, 5.41) is 52.3. The van der Waals surface area contributed by atoms with Gasteiger partial charge in [0.05, 0.1) is 24.1 Å². The van der Waals surface area contributed by atoms with Gasteiger partial charge < -0.3 is 49.8 Å². The number of methoxy groups -OCH3 is 2. The first-order valence-electron chi connectivity index (χ1n) is 9.27.